The van der Waals surface area contributed by atoms with Gasteiger partial charge in [-0.2, -0.15) is 0 Å². The molecule has 55 heavy (non-hydrogen) atoms. The molecule has 0 spiro atoms. The zero-order chi connectivity index (χ0) is 39.1. The number of unbranched alkanes of at least 4 members (excludes halogenated alkanes) is 1. The van der Waals surface area contributed by atoms with Gasteiger partial charge in [-0.05, 0) is 67.5 Å². The minimum absolute atomic E-state index is 0.0220. The minimum Gasteiger partial charge on any atom is -0.494 e. The lowest BCUT2D eigenvalue weighted by molar-refractivity contribution is -0.144. The summed E-state index contributed by atoms with van der Waals surface area (Å²) in [6.07, 6.45) is 0.745. The van der Waals surface area contributed by atoms with E-state index in [1.165, 1.54) is 4.90 Å². The molecule has 3 N–H and O–H groups in total. The van der Waals surface area contributed by atoms with Crippen LogP contribution < -0.4 is 20.3 Å². The molecular weight excluding hydrogens is 737 g/mol. The van der Waals surface area contributed by atoms with Gasteiger partial charge < -0.3 is 35.0 Å². The summed E-state index contributed by atoms with van der Waals surface area (Å²) >= 11 is 3.22. The summed E-state index contributed by atoms with van der Waals surface area (Å²) in [7, 11) is 0. The van der Waals surface area contributed by atoms with Gasteiger partial charge in [-0.3, -0.25) is 14.4 Å². The average molecular weight is 789 g/mol. The fourth-order valence-corrected chi connectivity index (χ4v) is 8.55. The van der Waals surface area contributed by atoms with E-state index in [0.29, 0.717) is 19.4 Å². The van der Waals surface area contributed by atoms with Gasteiger partial charge in [-0.1, -0.05) is 45.0 Å². The third-order valence-corrected chi connectivity index (χ3v) is 11.9. The number of aliphatic hydroxyl groups excluding tert-OH is 1. The van der Waals surface area contributed by atoms with Crippen molar-refractivity contribution in [3.8, 4) is 27.4 Å². The van der Waals surface area contributed by atoms with Crippen molar-refractivity contribution in [3.05, 3.63) is 70.7 Å². The largest absolute Gasteiger partial charge is 0.494 e. The van der Waals surface area contributed by atoms with Crippen LogP contribution in [0.5, 0.6) is 5.75 Å². The normalized spacial score (nSPS) is 18.5. The van der Waals surface area contributed by atoms with E-state index in [9.17, 15) is 19.5 Å². The van der Waals surface area contributed by atoms with Crippen LogP contribution in [0.4, 0.5) is 5.13 Å². The summed E-state index contributed by atoms with van der Waals surface area (Å²) in [5, 5.41) is 19.7. The Labute approximate surface area is 331 Å². The number of hydrogen-bond donors (Lipinski definition) is 3. The number of rotatable bonds is 14. The second-order valence-corrected chi connectivity index (χ2v) is 17.0. The number of morpholine rings is 1. The number of amides is 3. The summed E-state index contributed by atoms with van der Waals surface area (Å²) in [5.41, 5.74) is 6.11. The number of nitrogens with zero attached hydrogens (tertiary/aromatic N) is 4. The van der Waals surface area contributed by atoms with E-state index in [1.807, 2.05) is 88.7 Å². The highest BCUT2D eigenvalue weighted by Crippen LogP contribution is 2.31. The highest BCUT2D eigenvalue weighted by molar-refractivity contribution is 7.14. The summed E-state index contributed by atoms with van der Waals surface area (Å²) < 4.78 is 11.4. The lowest BCUT2D eigenvalue weighted by atomic mass is 9.85. The van der Waals surface area contributed by atoms with Crippen molar-refractivity contribution in [2.75, 3.05) is 44.4 Å². The number of benzene rings is 2. The molecule has 4 unspecified atom stereocenters. The predicted octanol–water partition coefficient (Wildman–Crippen LogP) is 6.00. The Morgan fingerprint density at radius 1 is 1.00 bits per heavy atom. The molecule has 0 bridgehead atoms. The SMILES string of the molecule is Cc1ncsc1-c1ccc(C(C)NC(=O)C2CC(O)CN2C(=O)C(NC(=O)CCCCOc2ccc(-c3csc(N4CCOCC4)n3)cc2)C(C)(C)C)cc1. The maximum atomic E-state index is 14.0. The van der Waals surface area contributed by atoms with Gasteiger partial charge in [0.25, 0.3) is 0 Å². The molecule has 4 aromatic rings. The van der Waals surface area contributed by atoms with Crippen LogP contribution in [0.2, 0.25) is 0 Å². The quantitative estimate of drug-likeness (QED) is 0.131. The molecule has 294 valence electrons. The van der Waals surface area contributed by atoms with E-state index in [1.54, 1.807) is 22.7 Å². The fraction of sp³-hybridized carbons (Fsp3) is 0.488. The Morgan fingerprint density at radius 2 is 1.71 bits per heavy atom. The van der Waals surface area contributed by atoms with Gasteiger partial charge in [-0.15, -0.1) is 22.7 Å². The zero-order valence-corrected chi connectivity index (χ0v) is 33.9. The molecule has 2 aromatic carbocycles. The molecule has 2 fully saturated rings. The van der Waals surface area contributed by atoms with Crippen molar-refractivity contribution in [1.82, 2.24) is 25.5 Å². The molecule has 14 heteroatoms. The molecule has 0 radical (unpaired) electrons. The number of hydrogen-bond acceptors (Lipinski definition) is 11. The highest BCUT2D eigenvalue weighted by Gasteiger charge is 2.44. The van der Waals surface area contributed by atoms with Crippen molar-refractivity contribution in [1.29, 1.82) is 0 Å². The first-order chi connectivity index (χ1) is 26.4. The average Bonchev–Trinajstić information content (AvgIpc) is 3.94. The first-order valence-corrected chi connectivity index (χ1v) is 20.7. The minimum atomic E-state index is -0.877. The lowest BCUT2D eigenvalue weighted by Crippen LogP contribution is -2.57. The Hall–Kier alpha value is -4.37. The van der Waals surface area contributed by atoms with Crippen molar-refractivity contribution >= 4 is 45.5 Å². The molecule has 4 atom stereocenters. The fourth-order valence-electron chi connectivity index (χ4n) is 6.84. The Balaban J connectivity index is 0.964. The molecule has 3 amide bonds. The van der Waals surface area contributed by atoms with Gasteiger partial charge in [0, 0.05) is 43.4 Å². The number of thiazole rings is 2. The number of nitrogens with one attached hydrogen (secondary N) is 2. The van der Waals surface area contributed by atoms with E-state index in [2.05, 4.69) is 25.9 Å². The van der Waals surface area contributed by atoms with Gasteiger partial charge >= 0.3 is 0 Å². The molecule has 2 saturated heterocycles. The number of aryl methyl sites for hydroxylation is 1. The molecule has 4 heterocycles. The monoisotopic (exact) mass is 788 g/mol. The molecule has 2 aliphatic heterocycles. The van der Waals surface area contributed by atoms with E-state index in [-0.39, 0.29) is 43.1 Å². The van der Waals surface area contributed by atoms with Crippen LogP contribution >= 0.6 is 22.7 Å². The Kier molecular flexibility index (Phi) is 13.2. The first kappa shape index (κ1) is 40.3. The molecule has 0 saturated carbocycles. The molecule has 6 rings (SSSR count). The van der Waals surface area contributed by atoms with Gasteiger partial charge in [0.05, 0.1) is 53.7 Å². The van der Waals surface area contributed by atoms with E-state index >= 15 is 0 Å². The van der Waals surface area contributed by atoms with Crippen molar-refractivity contribution < 1.29 is 29.0 Å². The molecule has 2 aliphatic rings. The topological polar surface area (TPSA) is 146 Å². The second kappa shape index (κ2) is 18.1. The number of aliphatic hydroxyl groups is 1. The number of carbonyl (C=O) groups excluding carboxylic acids is 3. The maximum absolute atomic E-state index is 14.0. The summed E-state index contributed by atoms with van der Waals surface area (Å²) in [5.74, 6) is -0.217. The van der Waals surface area contributed by atoms with E-state index in [4.69, 9.17) is 14.5 Å². The Morgan fingerprint density at radius 3 is 2.38 bits per heavy atom. The lowest BCUT2D eigenvalue weighted by Gasteiger charge is -2.35. The molecule has 12 nitrogen and oxygen atoms in total. The standard InChI is InChI=1S/C41H52N6O6S2/c1-26(28-9-11-30(12-10-28)36-27(2)42-25-55-36)43-38(50)34-22-31(48)23-47(34)39(51)37(41(3,4)5)45-35(49)8-6-7-19-53-32-15-13-29(14-16-32)33-24-54-40(44-33)46-17-20-52-21-18-46/h9-16,24-26,31,34,37,48H,6-8,17-23H2,1-5H3,(H,43,50)(H,45,49). The zero-order valence-electron chi connectivity index (χ0n) is 32.2. The second-order valence-electron chi connectivity index (χ2n) is 15.3. The van der Waals surface area contributed by atoms with Crippen LogP contribution in [0.25, 0.3) is 21.7 Å². The third-order valence-electron chi connectivity index (χ3n) is 10.1. The molecule has 0 aliphatic carbocycles. The Bertz CT molecular complexity index is 1900. The number of ether oxygens (including phenoxy) is 2. The summed E-state index contributed by atoms with van der Waals surface area (Å²) in [4.78, 5) is 54.7. The number of β-amino-alcohol motifs (C(OH)–C–C–N with tert-alkyl or cyclic N) is 1. The first-order valence-electron chi connectivity index (χ1n) is 19.0. The third kappa shape index (κ3) is 10.3. The van der Waals surface area contributed by atoms with Crippen molar-refractivity contribution in [2.45, 2.75) is 84.5 Å². The van der Waals surface area contributed by atoms with Crippen LogP contribution in [0.15, 0.2) is 59.4 Å². The summed E-state index contributed by atoms with van der Waals surface area (Å²) in [6.45, 7) is 13.1. The van der Waals surface area contributed by atoms with E-state index < -0.39 is 23.6 Å². The molecular formula is C41H52N6O6S2. The van der Waals surface area contributed by atoms with Gasteiger partial charge in [0.2, 0.25) is 17.7 Å². The number of aromatic nitrogens is 2. The predicted molar refractivity (Wildman–Crippen MR) is 216 cm³/mol. The van der Waals surface area contributed by atoms with Crippen molar-refractivity contribution in [2.24, 2.45) is 5.41 Å². The maximum Gasteiger partial charge on any atom is 0.246 e. The molecule has 2 aromatic heterocycles. The highest BCUT2D eigenvalue weighted by atomic mass is 32.1. The van der Waals surface area contributed by atoms with Gasteiger partial charge in [0.1, 0.15) is 17.8 Å². The number of carbonyl (C=O) groups is 3. The van der Waals surface area contributed by atoms with Crippen LogP contribution in [-0.4, -0.2) is 95.3 Å². The van der Waals surface area contributed by atoms with Crippen LogP contribution in [0, 0.1) is 12.3 Å². The smallest absolute Gasteiger partial charge is 0.246 e. The van der Waals surface area contributed by atoms with Gasteiger partial charge in [0.15, 0.2) is 5.13 Å². The number of anilines is 1. The summed E-state index contributed by atoms with van der Waals surface area (Å²) in [6, 6.07) is 13.8. The van der Waals surface area contributed by atoms with Gasteiger partial charge in [-0.25, -0.2) is 9.97 Å². The van der Waals surface area contributed by atoms with Crippen LogP contribution in [-0.2, 0) is 19.1 Å². The van der Waals surface area contributed by atoms with Crippen molar-refractivity contribution in [3.63, 3.8) is 0 Å². The van der Waals surface area contributed by atoms with E-state index in [0.717, 1.165) is 70.1 Å². The van der Waals surface area contributed by atoms with Crippen LogP contribution in [0.1, 0.15) is 70.7 Å². The van der Waals surface area contributed by atoms with Crippen LogP contribution in [0.3, 0.4) is 0 Å². The number of likely N-dealkylation sites (tertiary alicyclic amines) is 1.